The molecule has 0 aliphatic rings. The number of furan rings is 1. The van der Waals surface area contributed by atoms with Gasteiger partial charge in [0.25, 0.3) is 0 Å². The molecule has 0 aliphatic heterocycles. The maximum absolute atomic E-state index is 6.01. The summed E-state index contributed by atoms with van der Waals surface area (Å²) in [6, 6.07) is 11.3. The van der Waals surface area contributed by atoms with Gasteiger partial charge in [-0.3, -0.25) is 0 Å². The molecule has 0 fully saturated rings. The Bertz CT molecular complexity index is 525. The van der Waals surface area contributed by atoms with E-state index in [9.17, 15) is 0 Å². The molecule has 17 heavy (non-hydrogen) atoms. The number of hydrogen-bond donors (Lipinski definition) is 1. The first-order chi connectivity index (χ1) is 8.25. The molecule has 1 aromatic heterocycles. The van der Waals surface area contributed by atoms with Crippen LogP contribution in [0.5, 0.6) is 0 Å². The van der Waals surface area contributed by atoms with E-state index in [2.05, 4.69) is 26.5 Å². The van der Waals surface area contributed by atoms with E-state index in [1.165, 1.54) is 0 Å². The van der Waals surface area contributed by atoms with Crippen molar-refractivity contribution in [2.75, 3.05) is 0 Å². The third-order valence-electron chi connectivity index (χ3n) is 2.10. The van der Waals surface area contributed by atoms with E-state index in [1.807, 2.05) is 36.4 Å². The molecule has 0 amide bonds. The number of rotatable bonds is 4. The molecule has 2 rings (SSSR count). The topological polar surface area (TPSA) is 37.5 Å². The van der Waals surface area contributed by atoms with Crippen molar-refractivity contribution in [2.45, 2.75) is 6.54 Å². The van der Waals surface area contributed by atoms with Gasteiger partial charge < -0.3 is 9.84 Å². The molecule has 88 valence electrons. The van der Waals surface area contributed by atoms with Gasteiger partial charge in [0.1, 0.15) is 5.76 Å². The Morgan fingerprint density at radius 3 is 2.82 bits per heavy atom. The summed E-state index contributed by atoms with van der Waals surface area (Å²) in [6.45, 7) is 0.581. The largest absolute Gasteiger partial charge is 0.448 e. The highest BCUT2D eigenvalue weighted by atomic mass is 79.9. The van der Waals surface area contributed by atoms with Gasteiger partial charge in [-0.05, 0) is 39.7 Å². The summed E-state index contributed by atoms with van der Waals surface area (Å²) in [6.07, 6.45) is 1.61. The van der Waals surface area contributed by atoms with Gasteiger partial charge in [-0.25, -0.2) is 0 Å². The molecule has 0 spiro atoms. The van der Waals surface area contributed by atoms with Crippen LogP contribution >= 0.6 is 27.5 Å². The van der Waals surface area contributed by atoms with Gasteiger partial charge in [0.15, 0.2) is 4.67 Å². The van der Waals surface area contributed by atoms with Crippen LogP contribution in [0.4, 0.5) is 0 Å². The van der Waals surface area contributed by atoms with Crippen LogP contribution in [0.1, 0.15) is 11.3 Å². The molecular weight excluding hydrogens is 304 g/mol. The highest BCUT2D eigenvalue weighted by Gasteiger charge is 1.97. The van der Waals surface area contributed by atoms with Crippen LogP contribution in [0, 0.1) is 0 Å². The third-order valence-corrected chi connectivity index (χ3v) is 2.90. The smallest absolute Gasteiger partial charge is 0.169 e. The molecule has 0 bridgehead atoms. The molecular formula is C12H10BrClN2O. The Morgan fingerprint density at radius 1 is 1.29 bits per heavy atom. The van der Waals surface area contributed by atoms with E-state index in [0.717, 1.165) is 10.6 Å². The van der Waals surface area contributed by atoms with E-state index in [1.54, 1.807) is 6.21 Å². The van der Waals surface area contributed by atoms with Gasteiger partial charge in [-0.1, -0.05) is 29.8 Å². The van der Waals surface area contributed by atoms with Crippen LogP contribution in [-0.2, 0) is 6.54 Å². The van der Waals surface area contributed by atoms with Gasteiger partial charge >= 0.3 is 0 Å². The van der Waals surface area contributed by atoms with Crippen LogP contribution in [0.3, 0.4) is 0 Å². The third kappa shape index (κ3) is 3.61. The maximum Gasteiger partial charge on any atom is 0.169 e. The fraction of sp³-hybridized carbons (Fsp3) is 0.0833. The molecule has 0 atom stereocenters. The Balaban J connectivity index is 1.88. The fourth-order valence-corrected chi connectivity index (χ4v) is 1.80. The summed E-state index contributed by atoms with van der Waals surface area (Å²) in [5, 5.41) is 4.78. The molecule has 0 saturated heterocycles. The lowest BCUT2D eigenvalue weighted by Gasteiger charge is -2.02. The van der Waals surface area contributed by atoms with Crippen LogP contribution in [0.2, 0.25) is 5.02 Å². The van der Waals surface area contributed by atoms with Gasteiger partial charge in [0.2, 0.25) is 0 Å². The zero-order chi connectivity index (χ0) is 12.1. The maximum atomic E-state index is 6.01. The highest BCUT2D eigenvalue weighted by molar-refractivity contribution is 9.10. The number of hydrogen-bond acceptors (Lipinski definition) is 3. The van der Waals surface area contributed by atoms with Crippen molar-refractivity contribution in [2.24, 2.45) is 5.10 Å². The SMILES string of the molecule is Clc1ccccc1CN/N=C\c1ccc(Br)o1. The second-order valence-corrected chi connectivity index (χ2v) is 4.52. The first kappa shape index (κ1) is 12.2. The van der Waals surface area contributed by atoms with Crippen LogP contribution in [0.15, 0.2) is 50.6 Å². The predicted octanol–water partition coefficient (Wildman–Crippen LogP) is 3.82. The summed E-state index contributed by atoms with van der Waals surface area (Å²) in [7, 11) is 0. The van der Waals surface area contributed by atoms with Crippen molar-refractivity contribution in [3.05, 3.63) is 57.4 Å². The Hall–Kier alpha value is -1.26. The Labute approximate surface area is 113 Å². The summed E-state index contributed by atoms with van der Waals surface area (Å²) in [5.74, 6) is 0.684. The molecule has 1 aromatic carbocycles. The molecule has 1 N–H and O–H groups in total. The van der Waals surface area contributed by atoms with E-state index in [-0.39, 0.29) is 0 Å². The molecule has 2 aromatic rings. The standard InChI is InChI=1S/C12H10BrClN2O/c13-12-6-5-10(17-12)8-16-15-7-9-3-1-2-4-11(9)14/h1-6,8,15H,7H2/b16-8-. The first-order valence-corrected chi connectivity index (χ1v) is 6.17. The number of nitrogens with zero attached hydrogens (tertiary/aromatic N) is 1. The quantitative estimate of drug-likeness (QED) is 0.688. The summed E-state index contributed by atoms with van der Waals surface area (Å²) in [5.41, 5.74) is 3.92. The lowest BCUT2D eigenvalue weighted by molar-refractivity contribution is 0.533. The Kier molecular flexibility index (Phi) is 4.23. The van der Waals surface area contributed by atoms with E-state index < -0.39 is 0 Å². The molecule has 0 saturated carbocycles. The van der Waals surface area contributed by atoms with Crippen molar-refractivity contribution in [1.82, 2.24) is 5.43 Å². The monoisotopic (exact) mass is 312 g/mol. The van der Waals surface area contributed by atoms with Crippen LogP contribution in [0.25, 0.3) is 0 Å². The minimum absolute atomic E-state index is 0.581. The number of nitrogens with one attached hydrogen (secondary N) is 1. The van der Waals surface area contributed by atoms with Gasteiger partial charge in [-0.15, -0.1) is 0 Å². The fourth-order valence-electron chi connectivity index (χ4n) is 1.28. The molecule has 0 unspecified atom stereocenters. The molecule has 0 aliphatic carbocycles. The number of halogens is 2. The first-order valence-electron chi connectivity index (χ1n) is 5.00. The zero-order valence-electron chi connectivity index (χ0n) is 8.86. The second kappa shape index (κ2) is 5.89. The molecule has 3 nitrogen and oxygen atoms in total. The minimum Gasteiger partial charge on any atom is -0.448 e. The van der Waals surface area contributed by atoms with Gasteiger partial charge in [0, 0.05) is 5.02 Å². The number of benzene rings is 1. The van der Waals surface area contributed by atoms with Crippen LogP contribution in [-0.4, -0.2) is 6.21 Å². The summed E-state index contributed by atoms with van der Waals surface area (Å²) < 4.78 is 5.95. The van der Waals surface area contributed by atoms with Crippen molar-refractivity contribution < 1.29 is 4.42 Å². The van der Waals surface area contributed by atoms with Gasteiger partial charge in [0.05, 0.1) is 12.8 Å². The van der Waals surface area contributed by atoms with Crippen LogP contribution < -0.4 is 5.43 Å². The molecule has 1 heterocycles. The van der Waals surface area contributed by atoms with Gasteiger partial charge in [-0.2, -0.15) is 5.10 Å². The average molecular weight is 314 g/mol. The highest BCUT2D eigenvalue weighted by Crippen LogP contribution is 2.14. The molecule has 5 heteroatoms. The minimum atomic E-state index is 0.581. The van der Waals surface area contributed by atoms with E-state index in [0.29, 0.717) is 17.0 Å². The normalized spacial score (nSPS) is 10.9. The zero-order valence-corrected chi connectivity index (χ0v) is 11.2. The van der Waals surface area contributed by atoms with Crippen molar-refractivity contribution in [3.8, 4) is 0 Å². The lowest BCUT2D eigenvalue weighted by atomic mass is 10.2. The van der Waals surface area contributed by atoms with E-state index >= 15 is 0 Å². The predicted molar refractivity (Wildman–Crippen MR) is 72.3 cm³/mol. The molecule has 0 radical (unpaired) electrons. The van der Waals surface area contributed by atoms with E-state index in [4.69, 9.17) is 16.0 Å². The van der Waals surface area contributed by atoms with Crippen molar-refractivity contribution >= 4 is 33.7 Å². The average Bonchev–Trinajstić information content (AvgIpc) is 2.73. The van der Waals surface area contributed by atoms with Crippen molar-refractivity contribution in [3.63, 3.8) is 0 Å². The Morgan fingerprint density at radius 2 is 2.12 bits per heavy atom. The lowest BCUT2D eigenvalue weighted by Crippen LogP contribution is -2.05. The second-order valence-electron chi connectivity index (χ2n) is 3.33. The number of hydrazone groups is 1. The summed E-state index contributed by atoms with van der Waals surface area (Å²) >= 11 is 9.23. The summed E-state index contributed by atoms with van der Waals surface area (Å²) in [4.78, 5) is 0. The van der Waals surface area contributed by atoms with Crippen molar-refractivity contribution in [1.29, 1.82) is 0 Å².